The van der Waals surface area contributed by atoms with Crippen molar-refractivity contribution in [1.29, 1.82) is 0 Å². The van der Waals surface area contributed by atoms with Gasteiger partial charge in [-0.25, -0.2) is 0 Å². The summed E-state index contributed by atoms with van der Waals surface area (Å²) in [6.45, 7) is 5.57. The zero-order valence-electron chi connectivity index (χ0n) is 13.4. The zero-order chi connectivity index (χ0) is 17.6. The molecule has 6 nitrogen and oxygen atoms in total. The summed E-state index contributed by atoms with van der Waals surface area (Å²) in [7, 11) is 0. The van der Waals surface area contributed by atoms with Crippen LogP contribution in [0.2, 0.25) is 5.15 Å². The fourth-order valence-corrected chi connectivity index (χ4v) is 2.95. The molecule has 0 radical (unpaired) electrons. The number of hydrogen-bond donors (Lipinski definition) is 0. The highest BCUT2D eigenvalue weighted by molar-refractivity contribution is 6.30. The fourth-order valence-electron chi connectivity index (χ4n) is 2.71. The van der Waals surface area contributed by atoms with Crippen LogP contribution in [-0.4, -0.2) is 15.1 Å². The van der Waals surface area contributed by atoms with Gasteiger partial charge in [-0.2, -0.15) is 0 Å². The lowest BCUT2D eigenvalue weighted by atomic mass is 9.90. The number of nitrogens with zero attached hydrogens (tertiary/aromatic N) is 2. The highest BCUT2D eigenvalue weighted by Crippen LogP contribution is 2.42. The predicted octanol–water partition coefficient (Wildman–Crippen LogP) is 3.86. The van der Waals surface area contributed by atoms with Crippen molar-refractivity contribution in [3.8, 4) is 5.75 Å². The Morgan fingerprint density at radius 2 is 1.96 bits per heavy atom. The van der Waals surface area contributed by atoms with Gasteiger partial charge in [0.05, 0.1) is 10.6 Å². The Balaban J connectivity index is 2.40. The summed E-state index contributed by atoms with van der Waals surface area (Å²) in [4.78, 5) is 23.0. The molecular formula is C17H15ClN2O4. The second-order valence-corrected chi connectivity index (χ2v) is 6.43. The molecule has 2 aromatic rings. The molecule has 1 aromatic carbocycles. The molecule has 1 aliphatic rings. The van der Waals surface area contributed by atoms with Crippen molar-refractivity contribution in [3.05, 3.63) is 73.2 Å². The van der Waals surface area contributed by atoms with E-state index in [-0.39, 0.29) is 16.4 Å². The van der Waals surface area contributed by atoms with Gasteiger partial charge in [-0.3, -0.25) is 19.5 Å². The molecule has 24 heavy (non-hydrogen) atoms. The van der Waals surface area contributed by atoms with E-state index in [4.69, 9.17) is 16.3 Å². The Kier molecular flexibility index (Phi) is 3.72. The molecule has 1 aliphatic heterocycles. The first-order chi connectivity index (χ1) is 11.2. The van der Waals surface area contributed by atoms with Crippen molar-refractivity contribution < 1.29 is 9.66 Å². The van der Waals surface area contributed by atoms with Crippen LogP contribution >= 0.6 is 11.6 Å². The molecule has 2 heterocycles. The first-order valence-corrected chi connectivity index (χ1v) is 7.67. The molecular weight excluding hydrogens is 332 g/mol. The summed E-state index contributed by atoms with van der Waals surface area (Å²) in [6, 6.07) is 8.88. The van der Waals surface area contributed by atoms with E-state index in [2.05, 4.69) is 0 Å². The molecule has 0 aliphatic carbocycles. The van der Waals surface area contributed by atoms with Crippen molar-refractivity contribution in [3.63, 3.8) is 0 Å². The molecule has 0 amide bonds. The highest BCUT2D eigenvalue weighted by atomic mass is 35.5. The largest absolute Gasteiger partial charge is 0.483 e. The molecule has 0 saturated heterocycles. The van der Waals surface area contributed by atoms with Crippen LogP contribution in [0.25, 0.3) is 5.70 Å². The maximum atomic E-state index is 12.4. The quantitative estimate of drug-likeness (QED) is 0.470. The molecule has 3 rings (SSSR count). The summed E-state index contributed by atoms with van der Waals surface area (Å²) >= 11 is 6.24. The van der Waals surface area contributed by atoms with Crippen LogP contribution in [0.15, 0.2) is 46.8 Å². The molecule has 0 unspecified atom stereocenters. The minimum absolute atomic E-state index is 0.0811. The number of rotatable bonds is 2. The number of benzene rings is 1. The summed E-state index contributed by atoms with van der Waals surface area (Å²) < 4.78 is 7.31. The molecule has 0 saturated carbocycles. The Morgan fingerprint density at radius 1 is 1.25 bits per heavy atom. The monoisotopic (exact) mass is 346 g/mol. The van der Waals surface area contributed by atoms with E-state index in [1.807, 2.05) is 20.8 Å². The van der Waals surface area contributed by atoms with E-state index >= 15 is 0 Å². The first-order valence-electron chi connectivity index (χ1n) is 7.29. The molecule has 0 bridgehead atoms. The number of fused-ring (bicyclic) bond motifs is 1. The average molecular weight is 347 g/mol. The molecule has 124 valence electrons. The predicted molar refractivity (Wildman–Crippen MR) is 91.5 cm³/mol. The van der Waals surface area contributed by atoms with Gasteiger partial charge < -0.3 is 4.74 Å². The third-order valence-corrected chi connectivity index (χ3v) is 4.48. The van der Waals surface area contributed by atoms with Gasteiger partial charge in [0.15, 0.2) is 0 Å². The number of ether oxygens (including phenoxy) is 1. The SMILES string of the molecule is CC1=C(n2c(Cl)cccc2=O)c2cc([N+](=O)[O-])ccc2OC1(C)C. The Labute approximate surface area is 143 Å². The van der Waals surface area contributed by atoms with Crippen molar-refractivity contribution in [2.24, 2.45) is 0 Å². The van der Waals surface area contributed by atoms with Gasteiger partial charge in [-0.15, -0.1) is 0 Å². The van der Waals surface area contributed by atoms with E-state index in [9.17, 15) is 14.9 Å². The van der Waals surface area contributed by atoms with Crippen LogP contribution in [0, 0.1) is 10.1 Å². The third-order valence-electron chi connectivity index (χ3n) is 4.18. The van der Waals surface area contributed by atoms with Crippen molar-refractivity contribution >= 4 is 23.0 Å². The van der Waals surface area contributed by atoms with E-state index in [0.29, 0.717) is 17.0 Å². The number of aromatic nitrogens is 1. The first kappa shape index (κ1) is 16.3. The third kappa shape index (κ3) is 2.49. The lowest BCUT2D eigenvalue weighted by molar-refractivity contribution is -0.384. The van der Waals surface area contributed by atoms with Crippen molar-refractivity contribution in [1.82, 2.24) is 4.57 Å². The van der Waals surface area contributed by atoms with Gasteiger partial charge in [0.2, 0.25) is 0 Å². The maximum absolute atomic E-state index is 12.4. The Hall–Kier alpha value is -2.60. The minimum atomic E-state index is -0.683. The second-order valence-electron chi connectivity index (χ2n) is 6.05. The maximum Gasteiger partial charge on any atom is 0.270 e. The summed E-state index contributed by atoms with van der Waals surface area (Å²) in [5, 5.41) is 11.4. The zero-order valence-corrected chi connectivity index (χ0v) is 14.1. The number of nitro groups is 1. The van der Waals surface area contributed by atoms with Crippen LogP contribution in [0.3, 0.4) is 0 Å². The Bertz CT molecular complexity index is 944. The smallest absolute Gasteiger partial charge is 0.270 e. The van der Waals surface area contributed by atoms with Crippen molar-refractivity contribution in [2.75, 3.05) is 0 Å². The average Bonchev–Trinajstić information content (AvgIpc) is 2.50. The van der Waals surface area contributed by atoms with Gasteiger partial charge in [-0.1, -0.05) is 17.7 Å². The van der Waals surface area contributed by atoms with E-state index < -0.39 is 10.5 Å². The number of nitro benzene ring substituents is 1. The summed E-state index contributed by atoms with van der Waals surface area (Å²) in [6.07, 6.45) is 0. The fraction of sp³-hybridized carbons (Fsp3) is 0.235. The number of halogens is 1. The molecule has 0 spiro atoms. The van der Waals surface area contributed by atoms with Crippen LogP contribution < -0.4 is 10.3 Å². The van der Waals surface area contributed by atoms with Crippen LogP contribution in [0.1, 0.15) is 26.3 Å². The second kappa shape index (κ2) is 5.49. The lowest BCUT2D eigenvalue weighted by Crippen LogP contribution is -2.36. The summed E-state index contributed by atoms with van der Waals surface area (Å²) in [5.41, 5.74) is 0.661. The van der Waals surface area contributed by atoms with Crippen LogP contribution in [0.5, 0.6) is 5.75 Å². The Morgan fingerprint density at radius 3 is 2.58 bits per heavy atom. The molecule has 7 heteroatoms. The number of hydrogen-bond acceptors (Lipinski definition) is 4. The minimum Gasteiger partial charge on any atom is -0.483 e. The topological polar surface area (TPSA) is 74.4 Å². The summed E-state index contributed by atoms with van der Waals surface area (Å²) in [5.74, 6) is 0.470. The van der Waals surface area contributed by atoms with Gasteiger partial charge in [-0.05, 0) is 38.5 Å². The van der Waals surface area contributed by atoms with E-state index in [1.54, 1.807) is 18.2 Å². The number of non-ortho nitro benzene ring substituents is 1. The van der Waals surface area contributed by atoms with Crippen molar-refractivity contribution in [2.45, 2.75) is 26.4 Å². The molecule has 0 atom stereocenters. The normalized spacial score (nSPS) is 15.7. The van der Waals surface area contributed by atoms with Gasteiger partial charge in [0.25, 0.3) is 11.2 Å². The highest BCUT2D eigenvalue weighted by Gasteiger charge is 2.35. The van der Waals surface area contributed by atoms with E-state index in [1.165, 1.54) is 22.8 Å². The van der Waals surface area contributed by atoms with Crippen LogP contribution in [-0.2, 0) is 0 Å². The lowest BCUT2D eigenvalue weighted by Gasteiger charge is -2.36. The van der Waals surface area contributed by atoms with Gasteiger partial charge in [0, 0.05) is 23.8 Å². The molecule has 0 fully saturated rings. The van der Waals surface area contributed by atoms with Crippen LogP contribution in [0.4, 0.5) is 5.69 Å². The molecule has 1 aromatic heterocycles. The number of pyridine rings is 1. The molecule has 0 N–H and O–H groups in total. The van der Waals surface area contributed by atoms with Gasteiger partial charge in [0.1, 0.15) is 16.5 Å². The van der Waals surface area contributed by atoms with Gasteiger partial charge >= 0.3 is 0 Å². The standard InChI is InChI=1S/C17H15ClN2O4/c1-10-16(19-14(18)5-4-6-15(19)21)12-9-11(20(22)23)7-8-13(12)24-17(10,2)3/h4-9H,1-3H3. The van der Waals surface area contributed by atoms with E-state index in [0.717, 1.165) is 5.57 Å².